The first-order valence-electron chi connectivity index (χ1n) is 5.92. The van der Waals surface area contributed by atoms with E-state index >= 15 is 0 Å². The molecule has 1 aromatic heterocycles. The Labute approximate surface area is 117 Å². The minimum atomic E-state index is 0.365. The molecular formula is C12H19ClN2O4. The third-order valence-electron chi connectivity index (χ3n) is 2.12. The molecule has 0 unspecified atom stereocenters. The quantitative estimate of drug-likeness (QED) is 0.656. The molecule has 2 N–H and O–H groups in total. The summed E-state index contributed by atoms with van der Waals surface area (Å²) >= 11 is 5.73. The number of halogens is 1. The van der Waals surface area contributed by atoms with Gasteiger partial charge in [-0.3, -0.25) is 0 Å². The lowest BCUT2D eigenvalue weighted by atomic mass is 10.4. The lowest BCUT2D eigenvalue weighted by Gasteiger charge is -2.08. The maximum atomic E-state index is 5.73. The molecule has 0 aliphatic heterocycles. The van der Waals surface area contributed by atoms with Crippen molar-refractivity contribution in [1.82, 2.24) is 4.98 Å². The number of rotatable bonds is 10. The average Bonchev–Trinajstić information content (AvgIpc) is 2.39. The maximum absolute atomic E-state index is 5.73. The van der Waals surface area contributed by atoms with Crippen molar-refractivity contribution < 1.29 is 18.9 Å². The molecular weight excluding hydrogens is 272 g/mol. The van der Waals surface area contributed by atoms with Crippen LogP contribution in [-0.2, 0) is 14.2 Å². The van der Waals surface area contributed by atoms with Crippen LogP contribution in [0.3, 0.4) is 0 Å². The maximum Gasteiger partial charge on any atom is 0.237 e. The predicted molar refractivity (Wildman–Crippen MR) is 72.7 cm³/mol. The molecule has 0 saturated carbocycles. The Kier molecular flexibility index (Phi) is 8.24. The average molecular weight is 291 g/mol. The fraction of sp³-hybridized carbons (Fsp3) is 0.583. The van der Waals surface area contributed by atoms with E-state index in [1.165, 1.54) is 6.20 Å². The Bertz CT molecular complexity index is 366. The van der Waals surface area contributed by atoms with E-state index in [0.29, 0.717) is 56.2 Å². The zero-order chi connectivity index (χ0) is 13.9. The summed E-state index contributed by atoms with van der Waals surface area (Å²) in [6.45, 7) is 3.02. The van der Waals surface area contributed by atoms with Crippen LogP contribution in [0.1, 0.15) is 0 Å². The van der Waals surface area contributed by atoms with Gasteiger partial charge in [-0.1, -0.05) is 11.6 Å². The highest BCUT2D eigenvalue weighted by atomic mass is 35.5. The minimum absolute atomic E-state index is 0.365. The summed E-state index contributed by atoms with van der Waals surface area (Å²) in [7, 11) is 1.63. The highest BCUT2D eigenvalue weighted by molar-refractivity contribution is 6.30. The number of nitrogen functional groups attached to an aromatic ring is 1. The Morgan fingerprint density at radius 2 is 1.74 bits per heavy atom. The summed E-state index contributed by atoms with van der Waals surface area (Å²) in [5.74, 6) is 0.365. The number of hydrogen-bond donors (Lipinski definition) is 1. The first-order valence-corrected chi connectivity index (χ1v) is 6.30. The Morgan fingerprint density at radius 1 is 1.11 bits per heavy atom. The summed E-state index contributed by atoms with van der Waals surface area (Å²) in [4.78, 5) is 3.97. The minimum Gasteiger partial charge on any atom is -0.474 e. The van der Waals surface area contributed by atoms with Crippen molar-refractivity contribution in [1.29, 1.82) is 0 Å². The summed E-state index contributed by atoms with van der Waals surface area (Å²) in [6.07, 6.45) is 1.48. The number of aromatic nitrogens is 1. The Hall–Kier alpha value is -1.08. The van der Waals surface area contributed by atoms with Gasteiger partial charge in [0.05, 0.1) is 43.7 Å². The molecule has 0 aliphatic rings. The molecule has 19 heavy (non-hydrogen) atoms. The first kappa shape index (κ1) is 16.0. The molecule has 0 aromatic carbocycles. The second kappa shape index (κ2) is 9.80. The van der Waals surface area contributed by atoms with Crippen LogP contribution in [0, 0.1) is 0 Å². The first-order chi connectivity index (χ1) is 9.24. The van der Waals surface area contributed by atoms with Crippen LogP contribution in [0.5, 0.6) is 5.88 Å². The molecule has 1 heterocycles. The molecule has 0 spiro atoms. The van der Waals surface area contributed by atoms with Gasteiger partial charge in [0.15, 0.2) is 0 Å². The van der Waals surface area contributed by atoms with Gasteiger partial charge in [0, 0.05) is 13.3 Å². The van der Waals surface area contributed by atoms with Crippen LogP contribution in [-0.4, -0.2) is 51.7 Å². The highest BCUT2D eigenvalue weighted by Gasteiger charge is 2.02. The highest BCUT2D eigenvalue weighted by Crippen LogP contribution is 2.21. The molecule has 0 aliphatic carbocycles. The Balaban J connectivity index is 2.01. The second-order valence-corrected chi connectivity index (χ2v) is 4.05. The molecule has 108 valence electrons. The van der Waals surface area contributed by atoms with Crippen molar-refractivity contribution in [3.05, 3.63) is 17.3 Å². The number of nitrogens with zero attached hydrogens (tertiary/aromatic N) is 1. The van der Waals surface area contributed by atoms with E-state index in [4.69, 9.17) is 36.3 Å². The van der Waals surface area contributed by atoms with Crippen molar-refractivity contribution in [2.24, 2.45) is 0 Å². The van der Waals surface area contributed by atoms with Crippen LogP contribution in [0.15, 0.2) is 12.3 Å². The van der Waals surface area contributed by atoms with Gasteiger partial charge >= 0.3 is 0 Å². The molecule has 0 bridgehead atoms. The number of anilines is 1. The van der Waals surface area contributed by atoms with Gasteiger partial charge < -0.3 is 24.7 Å². The molecule has 0 amide bonds. The number of hydrogen-bond acceptors (Lipinski definition) is 6. The van der Waals surface area contributed by atoms with E-state index in [2.05, 4.69) is 4.98 Å². The van der Waals surface area contributed by atoms with Gasteiger partial charge in [0.1, 0.15) is 6.61 Å². The van der Waals surface area contributed by atoms with Crippen LogP contribution in [0.4, 0.5) is 5.69 Å². The van der Waals surface area contributed by atoms with Gasteiger partial charge in [-0.15, -0.1) is 0 Å². The molecule has 0 fully saturated rings. The number of ether oxygens (including phenoxy) is 4. The van der Waals surface area contributed by atoms with Crippen molar-refractivity contribution in [2.75, 3.05) is 52.5 Å². The molecule has 7 heteroatoms. The standard InChI is InChI=1S/C12H19ClN2O4/c1-16-2-3-17-4-5-18-6-7-19-12-11(14)8-10(13)9-15-12/h8-9H,2-7,14H2,1H3. The third-order valence-corrected chi connectivity index (χ3v) is 2.32. The lowest BCUT2D eigenvalue weighted by Crippen LogP contribution is -2.13. The molecule has 0 radical (unpaired) electrons. The topological polar surface area (TPSA) is 75.8 Å². The molecule has 0 saturated heterocycles. The van der Waals surface area contributed by atoms with E-state index in [1.54, 1.807) is 13.2 Å². The zero-order valence-corrected chi connectivity index (χ0v) is 11.7. The van der Waals surface area contributed by atoms with Crippen LogP contribution in [0.2, 0.25) is 5.02 Å². The van der Waals surface area contributed by atoms with E-state index in [0.717, 1.165) is 0 Å². The van der Waals surface area contributed by atoms with Crippen LogP contribution >= 0.6 is 11.6 Å². The Morgan fingerprint density at radius 3 is 2.37 bits per heavy atom. The summed E-state index contributed by atoms with van der Waals surface area (Å²) in [6, 6.07) is 1.59. The van der Waals surface area contributed by atoms with Crippen molar-refractivity contribution in [3.8, 4) is 5.88 Å². The van der Waals surface area contributed by atoms with E-state index in [9.17, 15) is 0 Å². The molecule has 0 atom stereocenters. The van der Waals surface area contributed by atoms with E-state index in [-0.39, 0.29) is 0 Å². The smallest absolute Gasteiger partial charge is 0.237 e. The van der Waals surface area contributed by atoms with Crippen molar-refractivity contribution in [2.45, 2.75) is 0 Å². The molecule has 1 rings (SSSR count). The summed E-state index contributed by atoms with van der Waals surface area (Å²) in [5.41, 5.74) is 6.10. The van der Waals surface area contributed by atoms with E-state index < -0.39 is 0 Å². The number of nitrogens with two attached hydrogens (primary N) is 1. The summed E-state index contributed by atoms with van der Waals surface area (Å²) < 4.78 is 20.7. The normalized spacial score (nSPS) is 10.6. The summed E-state index contributed by atoms with van der Waals surface area (Å²) in [5, 5.41) is 0.481. The third kappa shape index (κ3) is 7.17. The van der Waals surface area contributed by atoms with Crippen LogP contribution in [0.25, 0.3) is 0 Å². The van der Waals surface area contributed by atoms with Gasteiger partial charge in [-0.25, -0.2) is 4.98 Å². The van der Waals surface area contributed by atoms with Gasteiger partial charge in [0.2, 0.25) is 5.88 Å². The van der Waals surface area contributed by atoms with Crippen molar-refractivity contribution >= 4 is 17.3 Å². The molecule has 6 nitrogen and oxygen atoms in total. The van der Waals surface area contributed by atoms with Crippen LogP contribution < -0.4 is 10.5 Å². The van der Waals surface area contributed by atoms with Crippen molar-refractivity contribution in [3.63, 3.8) is 0 Å². The molecule has 1 aromatic rings. The number of pyridine rings is 1. The monoisotopic (exact) mass is 290 g/mol. The zero-order valence-electron chi connectivity index (χ0n) is 10.9. The fourth-order valence-electron chi connectivity index (χ4n) is 1.22. The fourth-order valence-corrected chi connectivity index (χ4v) is 1.39. The number of methoxy groups -OCH3 is 1. The van der Waals surface area contributed by atoms with Gasteiger partial charge in [0.25, 0.3) is 0 Å². The predicted octanol–water partition coefficient (Wildman–Crippen LogP) is 1.38. The largest absolute Gasteiger partial charge is 0.474 e. The van der Waals surface area contributed by atoms with Gasteiger partial charge in [-0.05, 0) is 6.07 Å². The lowest BCUT2D eigenvalue weighted by molar-refractivity contribution is 0.0177. The SMILES string of the molecule is COCCOCCOCCOc1ncc(Cl)cc1N. The van der Waals surface area contributed by atoms with E-state index in [1.807, 2.05) is 0 Å². The second-order valence-electron chi connectivity index (χ2n) is 3.61. The van der Waals surface area contributed by atoms with Gasteiger partial charge in [-0.2, -0.15) is 0 Å².